The molecule has 6 nitrogen and oxygen atoms in total. The van der Waals surface area contributed by atoms with Crippen LogP contribution in [-0.2, 0) is 0 Å². The Morgan fingerprint density at radius 1 is 1.43 bits per heavy atom. The molecule has 1 atom stereocenters. The van der Waals surface area contributed by atoms with Crippen LogP contribution in [0.2, 0.25) is 0 Å². The second-order valence-electron chi connectivity index (χ2n) is 4.54. The van der Waals surface area contributed by atoms with E-state index in [-0.39, 0.29) is 31.3 Å². The summed E-state index contributed by atoms with van der Waals surface area (Å²) in [5.74, 6) is -1.80. The second-order valence-corrected chi connectivity index (χ2v) is 4.54. The number of rotatable bonds is 3. The van der Waals surface area contributed by atoms with E-state index in [1.807, 2.05) is 0 Å². The fourth-order valence-electron chi connectivity index (χ4n) is 2.02. The predicted octanol–water partition coefficient (Wildman–Crippen LogP) is 2.23. The molecular weight excluding hydrogens is 306 g/mol. The van der Waals surface area contributed by atoms with E-state index in [4.69, 9.17) is 9.26 Å². The van der Waals surface area contributed by atoms with Crippen LogP contribution in [0.15, 0.2) is 22.9 Å². The standard InChI is InChI=1S/C12H12F2N4O2.ClH/c1-19-9-3-2-7(5-15-9)10-17-11(20-18-10)8-4-12(13,14)6-16-8;/h2-3,5,8,16H,4,6H2,1H3;1H. The minimum Gasteiger partial charge on any atom is -0.481 e. The Kier molecular flexibility index (Phi) is 4.38. The van der Waals surface area contributed by atoms with Crippen LogP contribution in [0.5, 0.6) is 5.88 Å². The van der Waals surface area contributed by atoms with Gasteiger partial charge in [-0.25, -0.2) is 13.8 Å². The molecule has 0 aromatic carbocycles. The Bertz CT molecular complexity index is 606. The van der Waals surface area contributed by atoms with Crippen molar-refractivity contribution in [3.8, 4) is 17.3 Å². The summed E-state index contributed by atoms with van der Waals surface area (Å²) < 4.78 is 36.2. The Morgan fingerprint density at radius 3 is 2.81 bits per heavy atom. The molecule has 21 heavy (non-hydrogen) atoms. The highest BCUT2D eigenvalue weighted by atomic mass is 35.5. The summed E-state index contributed by atoms with van der Waals surface area (Å²) in [6, 6.07) is 2.77. The van der Waals surface area contributed by atoms with Crippen LogP contribution in [0.25, 0.3) is 11.4 Å². The molecule has 1 aliphatic heterocycles. The van der Waals surface area contributed by atoms with Crippen molar-refractivity contribution in [2.24, 2.45) is 0 Å². The van der Waals surface area contributed by atoms with E-state index in [0.29, 0.717) is 17.3 Å². The fourth-order valence-corrected chi connectivity index (χ4v) is 2.02. The molecule has 0 radical (unpaired) electrons. The number of halogens is 3. The van der Waals surface area contributed by atoms with Gasteiger partial charge in [-0.3, -0.25) is 5.32 Å². The number of nitrogens with zero attached hydrogens (tertiary/aromatic N) is 3. The van der Waals surface area contributed by atoms with Crippen molar-refractivity contribution in [3.05, 3.63) is 24.2 Å². The fraction of sp³-hybridized carbons (Fsp3) is 0.417. The second kappa shape index (κ2) is 5.90. The minimum atomic E-state index is -2.74. The first kappa shape index (κ1) is 15.6. The Hall–Kier alpha value is -1.80. The van der Waals surface area contributed by atoms with Gasteiger partial charge < -0.3 is 9.26 Å². The number of pyridine rings is 1. The molecule has 2 aromatic rings. The van der Waals surface area contributed by atoms with Gasteiger partial charge >= 0.3 is 0 Å². The van der Waals surface area contributed by atoms with Crippen molar-refractivity contribution in [1.82, 2.24) is 20.4 Å². The number of aromatic nitrogens is 3. The van der Waals surface area contributed by atoms with Gasteiger partial charge in [0.2, 0.25) is 17.6 Å². The van der Waals surface area contributed by atoms with E-state index in [1.165, 1.54) is 13.3 Å². The number of ether oxygens (including phenoxy) is 1. The van der Waals surface area contributed by atoms with Gasteiger partial charge in [-0.1, -0.05) is 5.16 Å². The SMILES string of the molecule is COc1ccc(-c2noc(C3CC(F)(F)CN3)n2)cn1.Cl. The van der Waals surface area contributed by atoms with Crippen LogP contribution in [0.1, 0.15) is 18.4 Å². The van der Waals surface area contributed by atoms with Gasteiger partial charge in [0.05, 0.1) is 19.7 Å². The number of methoxy groups -OCH3 is 1. The highest BCUT2D eigenvalue weighted by Crippen LogP contribution is 2.33. The molecule has 0 saturated carbocycles. The van der Waals surface area contributed by atoms with Crippen molar-refractivity contribution < 1.29 is 18.0 Å². The summed E-state index contributed by atoms with van der Waals surface area (Å²) in [6.45, 7) is -0.376. The number of nitrogens with one attached hydrogen (secondary N) is 1. The van der Waals surface area contributed by atoms with Gasteiger partial charge in [0.1, 0.15) is 0 Å². The minimum absolute atomic E-state index is 0. The quantitative estimate of drug-likeness (QED) is 0.935. The molecule has 1 unspecified atom stereocenters. The van der Waals surface area contributed by atoms with Crippen LogP contribution in [0, 0.1) is 0 Å². The number of hydrogen-bond acceptors (Lipinski definition) is 6. The van der Waals surface area contributed by atoms with Crippen molar-refractivity contribution in [2.75, 3.05) is 13.7 Å². The lowest BCUT2D eigenvalue weighted by atomic mass is 10.2. The maximum Gasteiger partial charge on any atom is 0.262 e. The predicted molar refractivity (Wildman–Crippen MR) is 71.6 cm³/mol. The van der Waals surface area contributed by atoms with Crippen LogP contribution in [0.4, 0.5) is 8.78 Å². The lowest BCUT2D eigenvalue weighted by molar-refractivity contribution is 0.0200. The average molecular weight is 319 g/mol. The normalized spacial score (nSPS) is 20.0. The van der Waals surface area contributed by atoms with E-state index < -0.39 is 12.0 Å². The highest BCUT2D eigenvalue weighted by molar-refractivity contribution is 5.85. The zero-order valence-corrected chi connectivity index (χ0v) is 11.9. The maximum absolute atomic E-state index is 13.1. The summed E-state index contributed by atoms with van der Waals surface area (Å²) >= 11 is 0. The van der Waals surface area contributed by atoms with Crippen LogP contribution in [-0.4, -0.2) is 34.7 Å². The van der Waals surface area contributed by atoms with Crippen LogP contribution < -0.4 is 10.1 Å². The number of hydrogen-bond donors (Lipinski definition) is 1. The largest absolute Gasteiger partial charge is 0.481 e. The third-order valence-electron chi connectivity index (χ3n) is 3.05. The van der Waals surface area contributed by atoms with Gasteiger partial charge in [0, 0.05) is 24.2 Å². The molecule has 1 saturated heterocycles. The Morgan fingerprint density at radius 2 is 2.24 bits per heavy atom. The lowest BCUT2D eigenvalue weighted by Gasteiger charge is -2.04. The molecule has 3 rings (SSSR count). The van der Waals surface area contributed by atoms with E-state index >= 15 is 0 Å². The molecule has 9 heteroatoms. The third kappa shape index (κ3) is 3.27. The molecule has 0 bridgehead atoms. The molecule has 1 N–H and O–H groups in total. The summed E-state index contributed by atoms with van der Waals surface area (Å²) in [7, 11) is 1.51. The molecule has 2 aromatic heterocycles. The topological polar surface area (TPSA) is 73.1 Å². The molecule has 0 aliphatic carbocycles. The average Bonchev–Trinajstić information content (AvgIpc) is 3.05. The first-order valence-electron chi connectivity index (χ1n) is 6.03. The van der Waals surface area contributed by atoms with Crippen LogP contribution >= 0.6 is 12.4 Å². The van der Waals surface area contributed by atoms with Crippen LogP contribution in [0.3, 0.4) is 0 Å². The molecule has 114 valence electrons. The van der Waals surface area contributed by atoms with Crippen molar-refractivity contribution in [1.29, 1.82) is 0 Å². The molecule has 0 spiro atoms. The molecule has 1 fully saturated rings. The summed E-state index contributed by atoms with van der Waals surface area (Å²) in [6.07, 6.45) is 1.19. The highest BCUT2D eigenvalue weighted by Gasteiger charge is 2.42. The zero-order chi connectivity index (χ0) is 14.2. The van der Waals surface area contributed by atoms with Crippen molar-refractivity contribution in [2.45, 2.75) is 18.4 Å². The van der Waals surface area contributed by atoms with E-state index in [9.17, 15) is 8.78 Å². The Balaban J connectivity index is 0.00000161. The van der Waals surface area contributed by atoms with Gasteiger partial charge in [-0.2, -0.15) is 4.98 Å². The maximum atomic E-state index is 13.1. The summed E-state index contributed by atoms with van der Waals surface area (Å²) in [4.78, 5) is 8.15. The molecule has 1 aliphatic rings. The van der Waals surface area contributed by atoms with E-state index in [2.05, 4.69) is 20.4 Å². The van der Waals surface area contributed by atoms with Gasteiger partial charge in [-0.05, 0) is 6.07 Å². The van der Waals surface area contributed by atoms with Gasteiger partial charge in [0.15, 0.2) is 0 Å². The third-order valence-corrected chi connectivity index (χ3v) is 3.05. The zero-order valence-electron chi connectivity index (χ0n) is 11.0. The smallest absolute Gasteiger partial charge is 0.262 e. The number of alkyl halides is 2. The summed E-state index contributed by atoms with van der Waals surface area (Å²) in [5.41, 5.74) is 0.630. The lowest BCUT2D eigenvalue weighted by Crippen LogP contribution is -2.19. The van der Waals surface area contributed by atoms with Crippen molar-refractivity contribution in [3.63, 3.8) is 0 Å². The molecule has 0 amide bonds. The first-order valence-corrected chi connectivity index (χ1v) is 6.03. The summed E-state index contributed by atoms with van der Waals surface area (Å²) in [5, 5.41) is 6.45. The monoisotopic (exact) mass is 318 g/mol. The van der Waals surface area contributed by atoms with Gasteiger partial charge in [0.25, 0.3) is 5.92 Å². The van der Waals surface area contributed by atoms with Crippen molar-refractivity contribution >= 4 is 12.4 Å². The molecule has 3 heterocycles. The Labute approximate surface area is 125 Å². The van der Waals surface area contributed by atoms with Gasteiger partial charge in [-0.15, -0.1) is 12.4 Å². The van der Waals surface area contributed by atoms with E-state index in [0.717, 1.165) is 0 Å². The first-order chi connectivity index (χ1) is 9.57. The van der Waals surface area contributed by atoms with E-state index in [1.54, 1.807) is 12.1 Å². The molecular formula is C12H13ClF2N4O2.